The van der Waals surface area contributed by atoms with Crippen molar-refractivity contribution in [2.24, 2.45) is 5.92 Å². The molecule has 0 aromatic carbocycles. The standard InChI is InChI=1S/C19H33NO6/c1-13(20-17(23)26-19(5,6)7)9-10-14(16(22)24-8)11-12-15(21)25-18(2,3)4/h9-10,13-14H,11-12H2,1-8H3,(H,20,23)/b10-9+/t13?,14-/m1/s1. The number of nitrogens with one attached hydrogen (secondary N) is 1. The van der Waals surface area contributed by atoms with Crippen LogP contribution in [0.2, 0.25) is 0 Å². The number of esters is 2. The third-order valence-corrected chi connectivity index (χ3v) is 2.96. The van der Waals surface area contributed by atoms with Gasteiger partial charge in [-0.25, -0.2) is 4.79 Å². The normalized spacial score (nSPS) is 14.5. The predicted molar refractivity (Wildman–Crippen MR) is 98.6 cm³/mol. The fourth-order valence-corrected chi connectivity index (χ4v) is 1.95. The average Bonchev–Trinajstić information content (AvgIpc) is 2.42. The molecule has 26 heavy (non-hydrogen) atoms. The summed E-state index contributed by atoms with van der Waals surface area (Å²) in [4.78, 5) is 35.4. The molecule has 0 heterocycles. The van der Waals surface area contributed by atoms with Gasteiger partial charge >= 0.3 is 18.0 Å². The Balaban J connectivity index is 4.70. The molecule has 0 aromatic rings. The van der Waals surface area contributed by atoms with Gasteiger partial charge in [-0.1, -0.05) is 12.2 Å². The van der Waals surface area contributed by atoms with E-state index in [0.29, 0.717) is 0 Å². The second-order valence-electron chi connectivity index (χ2n) is 8.07. The van der Waals surface area contributed by atoms with Gasteiger partial charge in [-0.05, 0) is 54.9 Å². The van der Waals surface area contributed by atoms with Crippen molar-refractivity contribution in [1.29, 1.82) is 0 Å². The fraction of sp³-hybridized carbons (Fsp3) is 0.737. The van der Waals surface area contributed by atoms with E-state index in [4.69, 9.17) is 14.2 Å². The van der Waals surface area contributed by atoms with Crippen LogP contribution in [0, 0.1) is 5.92 Å². The summed E-state index contributed by atoms with van der Waals surface area (Å²) in [7, 11) is 1.29. The Labute approximate surface area is 156 Å². The molecule has 1 N–H and O–H groups in total. The monoisotopic (exact) mass is 371 g/mol. The van der Waals surface area contributed by atoms with Crippen molar-refractivity contribution in [2.75, 3.05) is 7.11 Å². The number of rotatable bonds is 7. The van der Waals surface area contributed by atoms with Gasteiger partial charge in [-0.15, -0.1) is 0 Å². The number of ether oxygens (including phenoxy) is 3. The number of hydrogen-bond donors (Lipinski definition) is 1. The van der Waals surface area contributed by atoms with E-state index in [0.717, 1.165) is 0 Å². The molecule has 2 atom stereocenters. The molecular weight excluding hydrogens is 338 g/mol. The largest absolute Gasteiger partial charge is 0.469 e. The number of alkyl carbamates (subject to hydrolysis) is 1. The fourth-order valence-electron chi connectivity index (χ4n) is 1.95. The van der Waals surface area contributed by atoms with Crippen LogP contribution in [0.15, 0.2) is 12.2 Å². The molecule has 1 amide bonds. The van der Waals surface area contributed by atoms with Crippen LogP contribution >= 0.6 is 0 Å². The van der Waals surface area contributed by atoms with Crippen LogP contribution < -0.4 is 5.32 Å². The van der Waals surface area contributed by atoms with Gasteiger partial charge in [0.1, 0.15) is 11.2 Å². The third-order valence-electron chi connectivity index (χ3n) is 2.96. The van der Waals surface area contributed by atoms with Crippen LogP contribution in [-0.4, -0.2) is 42.4 Å². The van der Waals surface area contributed by atoms with E-state index in [9.17, 15) is 14.4 Å². The summed E-state index contributed by atoms with van der Waals surface area (Å²) in [5.41, 5.74) is -1.16. The lowest BCUT2D eigenvalue weighted by atomic mass is 10.0. The zero-order valence-electron chi connectivity index (χ0n) is 17.2. The minimum absolute atomic E-state index is 0.0925. The Bertz CT molecular complexity index is 513. The maximum absolute atomic E-state index is 11.9. The number of hydrogen-bond acceptors (Lipinski definition) is 6. The van der Waals surface area contributed by atoms with Crippen LogP contribution in [0.5, 0.6) is 0 Å². The molecule has 0 bridgehead atoms. The zero-order valence-corrected chi connectivity index (χ0v) is 17.2. The highest BCUT2D eigenvalue weighted by Gasteiger charge is 2.22. The Morgan fingerprint density at radius 2 is 1.50 bits per heavy atom. The Kier molecular flexibility index (Phi) is 9.38. The van der Waals surface area contributed by atoms with Crippen molar-refractivity contribution in [3.8, 4) is 0 Å². The minimum atomic E-state index is -0.601. The highest BCUT2D eigenvalue weighted by atomic mass is 16.6. The quantitative estimate of drug-likeness (QED) is 0.419. The molecule has 0 aliphatic carbocycles. The molecule has 7 nitrogen and oxygen atoms in total. The molecule has 0 rings (SSSR count). The lowest BCUT2D eigenvalue weighted by Gasteiger charge is -2.21. The van der Waals surface area contributed by atoms with Crippen LogP contribution in [0.25, 0.3) is 0 Å². The van der Waals surface area contributed by atoms with E-state index in [2.05, 4.69) is 5.32 Å². The predicted octanol–water partition coefficient (Wildman–Crippen LogP) is 3.37. The zero-order chi connectivity index (χ0) is 20.5. The first-order valence-electron chi connectivity index (χ1n) is 8.71. The molecule has 1 unspecified atom stereocenters. The second-order valence-corrected chi connectivity index (χ2v) is 8.07. The lowest BCUT2D eigenvalue weighted by Crippen LogP contribution is -2.36. The molecular formula is C19H33NO6. The smallest absolute Gasteiger partial charge is 0.408 e. The molecule has 0 spiro atoms. The van der Waals surface area contributed by atoms with Gasteiger partial charge in [0.25, 0.3) is 0 Å². The summed E-state index contributed by atoms with van der Waals surface area (Å²) in [6.07, 6.45) is 3.10. The van der Waals surface area contributed by atoms with Crippen molar-refractivity contribution in [1.82, 2.24) is 5.32 Å². The average molecular weight is 371 g/mol. The van der Waals surface area contributed by atoms with Crippen molar-refractivity contribution in [2.45, 2.75) is 78.6 Å². The number of carbonyl (C=O) groups is 3. The van der Waals surface area contributed by atoms with Crippen molar-refractivity contribution in [3.63, 3.8) is 0 Å². The van der Waals surface area contributed by atoms with E-state index in [1.165, 1.54) is 7.11 Å². The summed E-state index contributed by atoms with van der Waals surface area (Å²) in [5.74, 6) is -1.43. The highest BCUT2D eigenvalue weighted by Crippen LogP contribution is 2.15. The molecule has 7 heteroatoms. The molecule has 0 fully saturated rings. The Morgan fingerprint density at radius 1 is 0.962 bits per heavy atom. The van der Waals surface area contributed by atoms with Gasteiger partial charge in [0.15, 0.2) is 0 Å². The van der Waals surface area contributed by atoms with E-state index in [1.54, 1.807) is 60.6 Å². The second kappa shape index (κ2) is 10.2. The molecule has 0 saturated heterocycles. The number of amides is 1. The molecule has 150 valence electrons. The number of carbonyl (C=O) groups excluding carboxylic acids is 3. The maximum atomic E-state index is 11.9. The topological polar surface area (TPSA) is 90.9 Å². The van der Waals surface area contributed by atoms with Gasteiger partial charge in [-0.3, -0.25) is 9.59 Å². The van der Waals surface area contributed by atoms with Gasteiger partial charge in [0.05, 0.1) is 13.0 Å². The Hall–Kier alpha value is -2.05. The minimum Gasteiger partial charge on any atom is -0.469 e. The van der Waals surface area contributed by atoms with Crippen LogP contribution in [0.3, 0.4) is 0 Å². The molecule has 0 aliphatic rings. The van der Waals surface area contributed by atoms with Gasteiger partial charge in [0, 0.05) is 12.5 Å². The summed E-state index contributed by atoms with van der Waals surface area (Å²) >= 11 is 0. The van der Waals surface area contributed by atoms with Crippen molar-refractivity contribution < 1.29 is 28.6 Å². The van der Waals surface area contributed by atoms with Gasteiger partial charge in [0.2, 0.25) is 0 Å². The molecule has 0 saturated carbocycles. The Morgan fingerprint density at radius 3 is 1.96 bits per heavy atom. The van der Waals surface area contributed by atoms with Gasteiger partial charge in [-0.2, -0.15) is 0 Å². The number of methoxy groups -OCH3 is 1. The van der Waals surface area contributed by atoms with E-state index >= 15 is 0 Å². The summed E-state index contributed by atoms with van der Waals surface area (Å²) in [5, 5.41) is 2.65. The van der Waals surface area contributed by atoms with Crippen LogP contribution in [0.1, 0.15) is 61.3 Å². The van der Waals surface area contributed by atoms with Crippen LogP contribution in [-0.2, 0) is 23.8 Å². The summed E-state index contributed by atoms with van der Waals surface area (Å²) in [6.45, 7) is 12.4. The van der Waals surface area contributed by atoms with Crippen LogP contribution in [0.4, 0.5) is 4.79 Å². The van der Waals surface area contributed by atoms with Crippen molar-refractivity contribution in [3.05, 3.63) is 12.2 Å². The molecule has 0 aliphatic heterocycles. The highest BCUT2D eigenvalue weighted by molar-refractivity contribution is 5.76. The summed E-state index contributed by atoms with van der Waals surface area (Å²) in [6, 6.07) is -0.349. The summed E-state index contributed by atoms with van der Waals surface area (Å²) < 4.78 is 15.2. The third kappa shape index (κ3) is 12.3. The SMILES string of the molecule is COC(=O)[C@H](/C=C/C(C)NC(=O)OC(C)(C)C)CCC(=O)OC(C)(C)C. The lowest BCUT2D eigenvalue weighted by molar-refractivity contribution is -0.155. The van der Waals surface area contributed by atoms with E-state index in [1.807, 2.05) is 0 Å². The van der Waals surface area contributed by atoms with Gasteiger partial charge < -0.3 is 19.5 Å². The van der Waals surface area contributed by atoms with E-state index < -0.39 is 29.2 Å². The van der Waals surface area contributed by atoms with E-state index in [-0.39, 0.29) is 24.9 Å². The molecule has 0 aromatic heterocycles. The van der Waals surface area contributed by atoms with Crippen molar-refractivity contribution >= 4 is 18.0 Å². The maximum Gasteiger partial charge on any atom is 0.408 e. The first-order chi connectivity index (χ1) is 11.7. The first-order valence-corrected chi connectivity index (χ1v) is 8.71. The first kappa shape index (κ1) is 23.9. The molecule has 0 radical (unpaired) electrons.